The molecule has 0 aliphatic heterocycles. The van der Waals surface area contributed by atoms with Crippen LogP contribution < -0.4 is 0 Å². The number of aliphatic hydroxyl groups excluding tert-OH is 1. The molecule has 0 radical (unpaired) electrons. The smallest absolute Gasteiger partial charge is 0.308 e. The summed E-state index contributed by atoms with van der Waals surface area (Å²) in [6.07, 6.45) is -1.02. The fraction of sp³-hybridized carbons (Fsp3) is 1.00. The standard InChI is InChI=1S/C3H7F5OS/c1-2-3(9)10(4,5,6,7)8/h3,9H,2H2,1H3. The number of hydrogen-bond acceptors (Lipinski definition) is 1. The lowest BCUT2D eigenvalue weighted by molar-refractivity contribution is 0.176. The Labute approximate surface area is 54.6 Å². The highest BCUT2D eigenvalue weighted by molar-refractivity contribution is 8.46. The average Bonchev–Trinajstić information content (AvgIpc) is 1.57. The van der Waals surface area contributed by atoms with Gasteiger partial charge >= 0.3 is 10.2 Å². The highest BCUT2D eigenvalue weighted by Crippen LogP contribution is 3.00. The Morgan fingerprint density at radius 3 is 1.50 bits per heavy atom. The summed E-state index contributed by atoms with van der Waals surface area (Å²) in [5.74, 6) is 0. The second kappa shape index (κ2) is 1.58. The molecule has 0 spiro atoms. The van der Waals surface area contributed by atoms with E-state index in [9.17, 15) is 19.4 Å². The molecule has 0 amide bonds. The van der Waals surface area contributed by atoms with Gasteiger partial charge in [0.2, 0.25) is 0 Å². The number of hydrogen-bond donors (Lipinski definition) is 1. The fourth-order valence-electron chi connectivity index (χ4n) is 0.315. The summed E-state index contributed by atoms with van der Waals surface area (Å²) < 4.78 is 56.8. The molecule has 0 aliphatic carbocycles. The van der Waals surface area contributed by atoms with Gasteiger partial charge in [-0.1, -0.05) is 26.4 Å². The van der Waals surface area contributed by atoms with Crippen molar-refractivity contribution in [1.29, 1.82) is 0 Å². The van der Waals surface area contributed by atoms with Crippen LogP contribution in [0.5, 0.6) is 0 Å². The molecule has 0 saturated carbocycles. The van der Waals surface area contributed by atoms with Crippen LogP contribution in [0.15, 0.2) is 0 Å². The van der Waals surface area contributed by atoms with Crippen molar-refractivity contribution in [1.82, 2.24) is 0 Å². The Morgan fingerprint density at radius 1 is 1.20 bits per heavy atom. The Morgan fingerprint density at radius 2 is 1.50 bits per heavy atom. The number of rotatable bonds is 2. The first-order chi connectivity index (χ1) is 3.97. The molecule has 0 saturated heterocycles. The van der Waals surface area contributed by atoms with Gasteiger partial charge in [-0.2, -0.15) is 0 Å². The maximum Gasteiger partial charge on any atom is 0.308 e. The van der Waals surface area contributed by atoms with Gasteiger partial charge in [0.25, 0.3) is 0 Å². The van der Waals surface area contributed by atoms with Gasteiger partial charge in [-0.25, -0.2) is 0 Å². The fourth-order valence-corrected chi connectivity index (χ4v) is 0.945. The average molecular weight is 186 g/mol. The zero-order valence-electron chi connectivity index (χ0n) is 5.03. The summed E-state index contributed by atoms with van der Waals surface area (Å²) in [5, 5.41) is 7.89. The minimum Gasteiger partial charge on any atom is -0.374 e. The highest BCUT2D eigenvalue weighted by Gasteiger charge is 2.69. The van der Waals surface area contributed by atoms with E-state index in [2.05, 4.69) is 0 Å². The van der Waals surface area contributed by atoms with Crippen LogP contribution >= 0.6 is 10.2 Å². The van der Waals surface area contributed by atoms with Crippen molar-refractivity contribution >= 4 is 10.2 Å². The molecule has 0 bridgehead atoms. The lowest BCUT2D eigenvalue weighted by atomic mass is 10.5. The first-order valence-electron chi connectivity index (χ1n) is 2.38. The Kier molecular flexibility index (Phi) is 1.57. The summed E-state index contributed by atoms with van der Waals surface area (Å²) in [5.41, 5.74) is -3.47. The van der Waals surface area contributed by atoms with Crippen molar-refractivity contribution in [2.45, 2.75) is 18.8 Å². The first-order valence-corrected chi connectivity index (χ1v) is 4.40. The van der Waals surface area contributed by atoms with E-state index in [1.165, 1.54) is 0 Å². The molecular formula is C3H7F5OS. The molecule has 0 aromatic rings. The van der Waals surface area contributed by atoms with E-state index in [0.717, 1.165) is 6.92 Å². The minimum absolute atomic E-state index is 0.836. The van der Waals surface area contributed by atoms with Crippen LogP contribution in [-0.4, -0.2) is 10.5 Å². The quantitative estimate of drug-likeness (QED) is 0.657. The molecule has 0 fully saturated rings. The second-order valence-corrected chi connectivity index (χ2v) is 4.49. The lowest BCUT2D eigenvalue weighted by Crippen LogP contribution is -2.23. The zero-order chi connectivity index (χ0) is 8.69. The molecule has 0 rings (SSSR count). The molecule has 1 unspecified atom stereocenters. The third-order valence-corrected chi connectivity index (χ3v) is 2.23. The Balaban J connectivity index is 4.72. The normalized spacial score (nSPS) is 23.1. The van der Waals surface area contributed by atoms with Crippen molar-refractivity contribution in [3.05, 3.63) is 0 Å². The third-order valence-electron chi connectivity index (χ3n) is 0.863. The minimum atomic E-state index is -9.59. The summed E-state index contributed by atoms with van der Waals surface area (Å²) >= 11 is 0. The summed E-state index contributed by atoms with van der Waals surface area (Å²) in [4.78, 5) is 0. The molecule has 1 N–H and O–H groups in total. The van der Waals surface area contributed by atoms with Crippen molar-refractivity contribution < 1.29 is 24.5 Å². The van der Waals surface area contributed by atoms with Gasteiger partial charge in [-0.15, -0.1) is 0 Å². The van der Waals surface area contributed by atoms with E-state index >= 15 is 0 Å². The third kappa shape index (κ3) is 2.70. The number of halogens is 5. The largest absolute Gasteiger partial charge is 0.374 e. The predicted molar refractivity (Wildman–Crippen MR) is 29.4 cm³/mol. The van der Waals surface area contributed by atoms with Crippen LogP contribution in [0.25, 0.3) is 0 Å². The van der Waals surface area contributed by atoms with Crippen molar-refractivity contribution in [2.75, 3.05) is 0 Å². The van der Waals surface area contributed by atoms with E-state index in [0.29, 0.717) is 0 Å². The van der Waals surface area contributed by atoms with Gasteiger partial charge < -0.3 is 5.11 Å². The van der Waals surface area contributed by atoms with Crippen molar-refractivity contribution in [2.24, 2.45) is 0 Å². The molecule has 0 heterocycles. The van der Waals surface area contributed by atoms with Crippen LogP contribution in [0.4, 0.5) is 19.4 Å². The molecule has 0 aliphatic rings. The predicted octanol–water partition coefficient (Wildman–Crippen LogP) is 3.01. The summed E-state index contributed by atoms with van der Waals surface area (Å²) in [6, 6.07) is 0. The summed E-state index contributed by atoms with van der Waals surface area (Å²) in [6.45, 7) is 0.836. The van der Waals surface area contributed by atoms with E-state index < -0.39 is 22.1 Å². The van der Waals surface area contributed by atoms with Gasteiger partial charge in [0.1, 0.15) is 0 Å². The van der Waals surface area contributed by atoms with Crippen LogP contribution in [-0.2, 0) is 0 Å². The Bertz CT molecular complexity index is 133. The van der Waals surface area contributed by atoms with E-state index in [4.69, 9.17) is 5.11 Å². The molecular weight excluding hydrogens is 179 g/mol. The molecule has 1 atom stereocenters. The molecule has 7 heteroatoms. The molecule has 0 aromatic heterocycles. The number of aliphatic hydroxyl groups is 1. The highest BCUT2D eigenvalue weighted by atomic mass is 32.5. The SMILES string of the molecule is CCC(O)S(F)(F)(F)(F)F. The maximum atomic E-state index is 11.4. The van der Waals surface area contributed by atoms with Crippen LogP contribution in [0.1, 0.15) is 13.3 Å². The monoisotopic (exact) mass is 186 g/mol. The first kappa shape index (κ1) is 9.96. The van der Waals surface area contributed by atoms with Gasteiger partial charge in [-0.05, 0) is 6.42 Å². The molecule has 0 aromatic carbocycles. The van der Waals surface area contributed by atoms with Gasteiger partial charge in [0.15, 0.2) is 5.44 Å². The topological polar surface area (TPSA) is 20.2 Å². The van der Waals surface area contributed by atoms with Crippen molar-refractivity contribution in [3.8, 4) is 0 Å². The second-order valence-electron chi connectivity index (χ2n) is 1.89. The van der Waals surface area contributed by atoms with Crippen molar-refractivity contribution in [3.63, 3.8) is 0 Å². The lowest BCUT2D eigenvalue weighted by Gasteiger charge is -2.43. The van der Waals surface area contributed by atoms with Gasteiger partial charge in [-0.3, -0.25) is 0 Å². The van der Waals surface area contributed by atoms with Crippen LogP contribution in [0, 0.1) is 0 Å². The Hall–Kier alpha value is -0.0400. The molecule has 10 heavy (non-hydrogen) atoms. The molecule has 66 valence electrons. The van der Waals surface area contributed by atoms with Gasteiger partial charge in [0.05, 0.1) is 0 Å². The van der Waals surface area contributed by atoms with Crippen LogP contribution in [0.3, 0.4) is 0 Å². The zero-order valence-corrected chi connectivity index (χ0v) is 5.85. The van der Waals surface area contributed by atoms with E-state index in [-0.39, 0.29) is 0 Å². The maximum absolute atomic E-state index is 11.4. The molecule has 1 nitrogen and oxygen atoms in total. The summed E-state index contributed by atoms with van der Waals surface area (Å²) in [7, 11) is -9.59. The van der Waals surface area contributed by atoms with E-state index in [1.807, 2.05) is 0 Å². The van der Waals surface area contributed by atoms with Gasteiger partial charge in [0, 0.05) is 0 Å². The van der Waals surface area contributed by atoms with Crippen LogP contribution in [0.2, 0.25) is 0 Å². The van der Waals surface area contributed by atoms with E-state index in [1.54, 1.807) is 0 Å².